The van der Waals surface area contributed by atoms with E-state index in [1.807, 2.05) is 32.3 Å². The molecule has 0 spiro atoms. The van der Waals surface area contributed by atoms with Gasteiger partial charge in [0.2, 0.25) is 0 Å². The van der Waals surface area contributed by atoms with Crippen molar-refractivity contribution in [1.29, 1.82) is 0 Å². The zero-order valence-electron chi connectivity index (χ0n) is 17.5. The zero-order valence-corrected chi connectivity index (χ0v) is 17.5. The van der Waals surface area contributed by atoms with E-state index in [1.165, 1.54) is 16.7 Å². The normalized spacial score (nSPS) is 17.6. The van der Waals surface area contributed by atoms with Crippen molar-refractivity contribution in [2.75, 3.05) is 0 Å². The fourth-order valence-electron chi connectivity index (χ4n) is 2.53. The third-order valence-electron chi connectivity index (χ3n) is 4.84. The van der Waals surface area contributed by atoms with Crippen LogP contribution in [0.15, 0.2) is 60.9 Å². The number of nitrogens with zero attached hydrogens (tertiary/aromatic N) is 1. The first-order valence-electron chi connectivity index (χ1n) is 9.80. The first kappa shape index (κ1) is 21.9. The van der Waals surface area contributed by atoms with Gasteiger partial charge in [0.25, 0.3) is 0 Å². The van der Waals surface area contributed by atoms with Crippen LogP contribution in [0.25, 0.3) is 12.2 Å². The van der Waals surface area contributed by atoms with Crippen LogP contribution in [0.2, 0.25) is 0 Å². The minimum absolute atomic E-state index is 0.152. The Balaban J connectivity index is 0.000000263. The summed E-state index contributed by atoms with van der Waals surface area (Å²) in [6, 6.07) is 12.6. The van der Waals surface area contributed by atoms with E-state index in [0.717, 1.165) is 0 Å². The molecule has 1 heteroatoms. The first-order chi connectivity index (χ1) is 12.4. The predicted molar refractivity (Wildman–Crippen MR) is 117 cm³/mol. The lowest BCUT2D eigenvalue weighted by Gasteiger charge is -2.26. The van der Waals surface area contributed by atoms with Gasteiger partial charge in [-0.15, -0.1) is 0 Å². The van der Waals surface area contributed by atoms with Crippen LogP contribution in [-0.2, 0) is 0 Å². The highest BCUT2D eigenvalue weighted by Gasteiger charge is 2.23. The molecule has 0 radical (unpaired) electrons. The lowest BCUT2D eigenvalue weighted by atomic mass is 9.79. The Labute approximate surface area is 160 Å². The van der Waals surface area contributed by atoms with E-state index in [2.05, 4.69) is 94.2 Å². The van der Waals surface area contributed by atoms with Crippen molar-refractivity contribution in [3.05, 3.63) is 77.6 Å². The number of rotatable bonds is 2. The van der Waals surface area contributed by atoms with Crippen molar-refractivity contribution in [2.24, 2.45) is 11.3 Å². The van der Waals surface area contributed by atoms with Crippen molar-refractivity contribution >= 4 is 12.2 Å². The minimum atomic E-state index is 0.152. The summed E-state index contributed by atoms with van der Waals surface area (Å²) in [6.45, 7) is 15.2. The molecule has 1 aromatic carbocycles. The molecular formula is C25H35N. The molecule has 26 heavy (non-hydrogen) atoms. The average Bonchev–Trinajstić information content (AvgIpc) is 2.85. The standard InChI is InChI=1S/C14H17N.C9H12.C2H6/c1-11(2)14(3)7-4-12-6-9-15-10-13(12)5-8-14;1-8(2)9-6-4-3-5-7-9;1-2/h4-11H,1-3H3;3-8H,1-2H3;1-2H3. The molecule has 0 saturated heterocycles. The molecule has 1 heterocycles. The maximum absolute atomic E-state index is 4.15. The molecule has 0 saturated carbocycles. The summed E-state index contributed by atoms with van der Waals surface area (Å²) < 4.78 is 0. The van der Waals surface area contributed by atoms with E-state index in [9.17, 15) is 0 Å². The quantitative estimate of drug-likeness (QED) is 0.543. The molecular weight excluding hydrogens is 314 g/mol. The highest BCUT2D eigenvalue weighted by molar-refractivity contribution is 5.67. The van der Waals surface area contributed by atoms with Gasteiger partial charge in [-0.05, 0) is 34.6 Å². The second-order valence-electron chi connectivity index (χ2n) is 7.26. The molecule has 0 fully saturated rings. The van der Waals surface area contributed by atoms with E-state index in [-0.39, 0.29) is 5.41 Å². The Morgan fingerprint density at radius 1 is 0.808 bits per heavy atom. The fraction of sp³-hybridized carbons (Fsp3) is 0.400. The van der Waals surface area contributed by atoms with Crippen LogP contribution in [-0.4, -0.2) is 4.98 Å². The second-order valence-corrected chi connectivity index (χ2v) is 7.26. The molecule has 0 aliphatic heterocycles. The smallest absolute Gasteiger partial charge is 0.0346 e. The number of fused-ring (bicyclic) bond motifs is 1. The van der Waals surface area contributed by atoms with Gasteiger partial charge >= 0.3 is 0 Å². The number of pyridine rings is 1. The van der Waals surface area contributed by atoms with E-state index in [0.29, 0.717) is 11.8 Å². The van der Waals surface area contributed by atoms with Crippen molar-refractivity contribution in [1.82, 2.24) is 4.98 Å². The van der Waals surface area contributed by atoms with Crippen molar-refractivity contribution in [3.63, 3.8) is 0 Å². The average molecular weight is 350 g/mol. The third kappa shape index (κ3) is 6.29. The largest absolute Gasteiger partial charge is 0.264 e. The molecule has 2 aromatic rings. The molecule has 1 aromatic heterocycles. The lowest BCUT2D eigenvalue weighted by molar-refractivity contribution is 0.387. The molecule has 1 aliphatic carbocycles. The zero-order chi connectivity index (χ0) is 19.6. The molecule has 0 N–H and O–H groups in total. The van der Waals surface area contributed by atoms with Crippen LogP contribution < -0.4 is 0 Å². The van der Waals surface area contributed by atoms with Crippen LogP contribution >= 0.6 is 0 Å². The van der Waals surface area contributed by atoms with Crippen LogP contribution in [0, 0.1) is 11.3 Å². The number of hydrogen-bond acceptors (Lipinski definition) is 1. The Morgan fingerprint density at radius 3 is 1.88 bits per heavy atom. The van der Waals surface area contributed by atoms with E-state index in [1.54, 1.807) is 0 Å². The van der Waals surface area contributed by atoms with E-state index in [4.69, 9.17) is 0 Å². The first-order valence-corrected chi connectivity index (χ1v) is 9.80. The number of hydrogen-bond donors (Lipinski definition) is 0. The summed E-state index contributed by atoms with van der Waals surface area (Å²) in [5.41, 5.74) is 4.03. The number of aromatic nitrogens is 1. The maximum Gasteiger partial charge on any atom is 0.0346 e. The van der Waals surface area contributed by atoms with Crippen LogP contribution in [0.4, 0.5) is 0 Å². The highest BCUT2D eigenvalue weighted by Crippen LogP contribution is 2.34. The summed E-state index contributed by atoms with van der Waals surface area (Å²) in [5, 5.41) is 0. The SMILES string of the molecule is CC.CC(C)C1(C)C=Cc2ccncc2C=C1.CC(C)c1ccccc1. The Kier molecular flexibility index (Phi) is 9.05. The summed E-state index contributed by atoms with van der Waals surface area (Å²) in [6.07, 6.45) is 12.7. The molecule has 0 amide bonds. The van der Waals surface area contributed by atoms with Crippen LogP contribution in [0.5, 0.6) is 0 Å². The highest BCUT2D eigenvalue weighted by atomic mass is 14.6. The summed E-state index contributed by atoms with van der Waals surface area (Å²) in [7, 11) is 0. The summed E-state index contributed by atoms with van der Waals surface area (Å²) in [5.74, 6) is 1.26. The topological polar surface area (TPSA) is 12.9 Å². The Morgan fingerprint density at radius 2 is 1.38 bits per heavy atom. The van der Waals surface area contributed by atoms with E-state index < -0.39 is 0 Å². The van der Waals surface area contributed by atoms with E-state index >= 15 is 0 Å². The van der Waals surface area contributed by atoms with Gasteiger partial charge in [-0.25, -0.2) is 0 Å². The molecule has 0 bridgehead atoms. The Bertz CT molecular complexity index is 660. The minimum Gasteiger partial charge on any atom is -0.264 e. The molecule has 1 unspecified atom stereocenters. The molecule has 140 valence electrons. The maximum atomic E-state index is 4.15. The summed E-state index contributed by atoms with van der Waals surface area (Å²) in [4.78, 5) is 4.15. The monoisotopic (exact) mass is 349 g/mol. The number of benzene rings is 1. The van der Waals surface area contributed by atoms with Crippen molar-refractivity contribution in [3.8, 4) is 0 Å². The van der Waals surface area contributed by atoms with Gasteiger partial charge in [-0.1, -0.05) is 103 Å². The van der Waals surface area contributed by atoms with Crippen molar-refractivity contribution in [2.45, 2.75) is 54.4 Å². The third-order valence-corrected chi connectivity index (χ3v) is 4.84. The van der Waals surface area contributed by atoms with Crippen molar-refractivity contribution < 1.29 is 0 Å². The second kappa shape index (κ2) is 10.8. The van der Waals surface area contributed by atoms with Crippen LogP contribution in [0.3, 0.4) is 0 Å². The van der Waals surface area contributed by atoms with Gasteiger partial charge in [0.05, 0.1) is 0 Å². The van der Waals surface area contributed by atoms with Gasteiger partial charge in [0, 0.05) is 17.8 Å². The molecule has 1 nitrogen and oxygen atoms in total. The molecule has 1 aliphatic rings. The van der Waals surface area contributed by atoms with Gasteiger partial charge in [0.15, 0.2) is 0 Å². The predicted octanol–water partition coefficient (Wildman–Crippen LogP) is 7.62. The molecule has 3 rings (SSSR count). The summed E-state index contributed by atoms with van der Waals surface area (Å²) >= 11 is 0. The van der Waals surface area contributed by atoms with Crippen LogP contribution in [0.1, 0.15) is 71.1 Å². The van der Waals surface area contributed by atoms with Gasteiger partial charge in [-0.3, -0.25) is 4.98 Å². The molecule has 1 atom stereocenters. The lowest BCUT2D eigenvalue weighted by Crippen LogP contribution is -2.16. The fourth-order valence-corrected chi connectivity index (χ4v) is 2.53. The van der Waals surface area contributed by atoms with Gasteiger partial charge < -0.3 is 0 Å². The van der Waals surface area contributed by atoms with Gasteiger partial charge in [-0.2, -0.15) is 0 Å². The number of allylic oxidation sites excluding steroid dienone is 2. The van der Waals surface area contributed by atoms with Gasteiger partial charge in [0.1, 0.15) is 0 Å². The Hall–Kier alpha value is -2.15.